The molecule has 9 atom stereocenters. The Morgan fingerprint density at radius 1 is 0.808 bits per heavy atom. The summed E-state index contributed by atoms with van der Waals surface area (Å²) in [6.45, 7) is -1.11. The van der Waals surface area contributed by atoms with Gasteiger partial charge in [0.1, 0.15) is 60.5 Å². The van der Waals surface area contributed by atoms with E-state index in [0.717, 1.165) is 30.3 Å². The van der Waals surface area contributed by atoms with E-state index in [4.69, 9.17) is 28.1 Å². The van der Waals surface area contributed by atoms with Crippen LogP contribution >= 0.6 is 0 Å². The van der Waals surface area contributed by atoms with Crippen molar-refractivity contribution < 1.29 is 78.9 Å². The van der Waals surface area contributed by atoms with E-state index in [1.54, 1.807) is 12.1 Å². The highest BCUT2D eigenvalue weighted by atomic mass is 16.8. The zero-order valence-electron chi connectivity index (χ0n) is 26.8. The van der Waals surface area contributed by atoms with E-state index in [1.807, 2.05) is 0 Å². The first-order valence-electron chi connectivity index (χ1n) is 15.8. The molecule has 2 saturated heterocycles. The van der Waals surface area contributed by atoms with Crippen LogP contribution in [0.1, 0.15) is 5.56 Å². The number of esters is 1. The van der Waals surface area contributed by atoms with Gasteiger partial charge >= 0.3 is 5.97 Å². The van der Waals surface area contributed by atoms with Gasteiger partial charge in [-0.05, 0) is 48.0 Å². The third-order valence-corrected chi connectivity index (χ3v) is 8.37. The van der Waals surface area contributed by atoms with Crippen molar-refractivity contribution in [1.82, 2.24) is 0 Å². The average molecular weight is 727 g/mol. The Bertz CT molecular complexity index is 1940. The number of carbonyl (C=O) groups is 1. The molecule has 2 fully saturated rings. The van der Waals surface area contributed by atoms with Crippen molar-refractivity contribution in [2.75, 3.05) is 13.2 Å². The van der Waals surface area contributed by atoms with Crippen molar-refractivity contribution in [2.45, 2.75) is 55.3 Å². The van der Waals surface area contributed by atoms with E-state index < -0.39 is 97.2 Å². The quantitative estimate of drug-likeness (QED) is 0.0630. The van der Waals surface area contributed by atoms with Gasteiger partial charge in [-0.2, -0.15) is 0 Å². The molecule has 17 heteroatoms. The number of hydrogen-bond donors (Lipinski definition) is 9. The van der Waals surface area contributed by atoms with Crippen LogP contribution in [0.5, 0.6) is 28.7 Å². The average Bonchev–Trinajstić information content (AvgIpc) is 3.11. The van der Waals surface area contributed by atoms with Crippen LogP contribution in [0.2, 0.25) is 0 Å². The highest BCUT2D eigenvalue weighted by molar-refractivity contribution is 5.87. The molecule has 1 aliphatic carbocycles. The van der Waals surface area contributed by atoms with E-state index in [0.29, 0.717) is 5.56 Å². The van der Waals surface area contributed by atoms with Gasteiger partial charge in [0, 0.05) is 23.8 Å². The first-order valence-corrected chi connectivity index (χ1v) is 15.8. The Labute approximate surface area is 293 Å². The summed E-state index contributed by atoms with van der Waals surface area (Å²) in [4.78, 5) is 24.7. The summed E-state index contributed by atoms with van der Waals surface area (Å²) in [6, 6.07) is 12.7. The molecule has 2 aromatic rings. The SMILES string of the molecule is O=C(C=Cc1ccc(O)cc1)OCC1OC(Oc2cc3c(O)cc(=O)cc-3oc2-c2ccc(O)c(O)c2)C(OC2OCC(O)C(O)C2O)C(O)C1O. The predicted octanol–water partition coefficient (Wildman–Crippen LogP) is 0.140. The van der Waals surface area contributed by atoms with Gasteiger partial charge in [-0.1, -0.05) is 12.1 Å². The summed E-state index contributed by atoms with van der Waals surface area (Å²) in [5.41, 5.74) is 0.0281. The summed E-state index contributed by atoms with van der Waals surface area (Å²) in [7, 11) is 0. The van der Waals surface area contributed by atoms with E-state index in [-0.39, 0.29) is 34.1 Å². The monoisotopic (exact) mass is 726 g/mol. The lowest BCUT2D eigenvalue weighted by atomic mass is 9.98. The van der Waals surface area contributed by atoms with Crippen molar-refractivity contribution in [3.63, 3.8) is 0 Å². The predicted molar refractivity (Wildman–Crippen MR) is 174 cm³/mol. The zero-order chi connectivity index (χ0) is 37.3. The van der Waals surface area contributed by atoms with Crippen LogP contribution in [0.4, 0.5) is 0 Å². The lowest BCUT2D eigenvalue weighted by Gasteiger charge is -2.44. The van der Waals surface area contributed by atoms with Crippen LogP contribution in [0.15, 0.2) is 76.0 Å². The van der Waals surface area contributed by atoms with Crippen LogP contribution < -0.4 is 10.2 Å². The van der Waals surface area contributed by atoms with E-state index in [2.05, 4.69) is 0 Å². The standard InChI is InChI=1S/C35H34O17/c36-17-5-1-15(2-6-17)3-8-27(42)47-14-26-29(44)30(45)33(52-34-31(46)28(43)23(41)13-48-34)35(51-26)50-25-12-19-21(39)10-18(37)11-24(19)49-32(25)16-4-7-20(38)22(40)9-16/h1-12,23,26,28-31,33-36,38-41,43-46H,13-14H2. The highest BCUT2D eigenvalue weighted by Crippen LogP contribution is 2.43. The number of aromatic hydroxyl groups is 4. The molecule has 0 spiro atoms. The Hall–Kier alpha value is -5.24. The fourth-order valence-electron chi connectivity index (χ4n) is 5.55. The number of hydrogen-bond acceptors (Lipinski definition) is 17. The van der Waals surface area contributed by atoms with Crippen molar-refractivity contribution in [2.24, 2.45) is 0 Å². The third-order valence-electron chi connectivity index (χ3n) is 8.37. The summed E-state index contributed by atoms with van der Waals surface area (Å²) >= 11 is 0. The van der Waals surface area contributed by atoms with Crippen LogP contribution in [0, 0.1) is 0 Å². The number of rotatable bonds is 9. The topological polar surface area (TPSA) is 275 Å². The molecule has 0 radical (unpaired) electrons. The van der Waals surface area contributed by atoms with Crippen molar-refractivity contribution in [3.05, 3.63) is 82.5 Å². The second kappa shape index (κ2) is 15.2. The first-order chi connectivity index (χ1) is 24.8. The second-order valence-electron chi connectivity index (χ2n) is 12.0. The normalized spacial score (nSPS) is 27.8. The Morgan fingerprint density at radius 3 is 2.29 bits per heavy atom. The molecule has 2 aromatic carbocycles. The third kappa shape index (κ3) is 7.81. The maximum absolute atomic E-state index is 12.5. The molecule has 0 aromatic heterocycles. The summed E-state index contributed by atoms with van der Waals surface area (Å²) in [5.74, 6) is -2.92. The molecule has 3 aliphatic heterocycles. The Morgan fingerprint density at radius 2 is 1.56 bits per heavy atom. The van der Waals surface area contributed by atoms with Crippen molar-refractivity contribution in [1.29, 1.82) is 0 Å². The molecule has 0 saturated carbocycles. The molecule has 9 N–H and O–H groups in total. The number of fused-ring (bicyclic) bond motifs is 1. The highest BCUT2D eigenvalue weighted by Gasteiger charge is 2.50. The summed E-state index contributed by atoms with van der Waals surface area (Å²) in [6.07, 6.45) is -13.0. The number of aliphatic hydroxyl groups is 5. The van der Waals surface area contributed by atoms with Gasteiger partial charge in [-0.3, -0.25) is 4.79 Å². The van der Waals surface area contributed by atoms with Gasteiger partial charge in [-0.15, -0.1) is 0 Å². The molecule has 276 valence electrons. The number of ether oxygens (including phenoxy) is 5. The van der Waals surface area contributed by atoms with Crippen LogP contribution in [-0.2, 0) is 23.7 Å². The molecule has 9 unspecified atom stereocenters. The van der Waals surface area contributed by atoms with Gasteiger partial charge < -0.3 is 74.1 Å². The molecular formula is C35H34O17. The van der Waals surface area contributed by atoms with E-state index >= 15 is 0 Å². The fraction of sp³-hybridized carbons (Fsp3) is 0.314. The number of phenols is 4. The van der Waals surface area contributed by atoms with Gasteiger partial charge in [-0.25, -0.2) is 4.79 Å². The number of carbonyl (C=O) groups excluding carboxylic acids is 1. The molecule has 52 heavy (non-hydrogen) atoms. The molecular weight excluding hydrogens is 692 g/mol. The Kier molecular flexibility index (Phi) is 10.7. The maximum Gasteiger partial charge on any atom is 0.330 e. The molecule has 6 rings (SSSR count). The minimum Gasteiger partial charge on any atom is -0.508 e. The number of benzene rings is 3. The molecule has 3 heterocycles. The van der Waals surface area contributed by atoms with Crippen molar-refractivity contribution >= 4 is 12.0 Å². The number of aliphatic hydroxyl groups excluding tert-OH is 5. The van der Waals surface area contributed by atoms with Gasteiger partial charge in [0.2, 0.25) is 6.29 Å². The van der Waals surface area contributed by atoms with Crippen LogP contribution in [-0.4, -0.2) is 120 Å². The number of phenolic OH excluding ortho intramolecular Hbond substituents is 4. The molecule has 0 amide bonds. The maximum atomic E-state index is 12.5. The smallest absolute Gasteiger partial charge is 0.330 e. The first kappa shape index (κ1) is 36.5. The van der Waals surface area contributed by atoms with Gasteiger partial charge in [0.05, 0.1) is 12.2 Å². The lowest BCUT2D eigenvalue weighted by Crippen LogP contribution is -2.64. The molecule has 0 bridgehead atoms. The largest absolute Gasteiger partial charge is 0.508 e. The van der Waals surface area contributed by atoms with Crippen LogP contribution in [0.25, 0.3) is 28.7 Å². The van der Waals surface area contributed by atoms with Crippen molar-refractivity contribution in [3.8, 4) is 51.4 Å². The van der Waals surface area contributed by atoms with E-state index in [9.17, 15) is 55.5 Å². The Balaban J connectivity index is 1.33. The minimum absolute atomic E-state index is 0.0238. The van der Waals surface area contributed by atoms with E-state index in [1.165, 1.54) is 30.3 Å². The minimum atomic E-state index is -1.91. The molecule has 4 aliphatic rings. The van der Waals surface area contributed by atoms with Gasteiger partial charge in [0.25, 0.3) is 0 Å². The summed E-state index contributed by atoms with van der Waals surface area (Å²) < 4.78 is 34.4. The summed E-state index contributed by atoms with van der Waals surface area (Å²) in [5, 5.41) is 93.2. The second-order valence-corrected chi connectivity index (χ2v) is 12.0. The zero-order valence-corrected chi connectivity index (χ0v) is 26.8. The van der Waals surface area contributed by atoms with Crippen LogP contribution in [0.3, 0.4) is 0 Å². The fourth-order valence-corrected chi connectivity index (χ4v) is 5.55. The molecule has 17 nitrogen and oxygen atoms in total. The van der Waals surface area contributed by atoms with Gasteiger partial charge in [0.15, 0.2) is 40.8 Å². The lowest BCUT2D eigenvalue weighted by molar-refractivity contribution is -0.345.